The fourth-order valence-corrected chi connectivity index (χ4v) is 4.96. The number of carbonyl (C=O) groups excluding carboxylic acids is 1. The first-order chi connectivity index (χ1) is 16.9. The molecule has 1 aromatic heterocycles. The van der Waals surface area contributed by atoms with Crippen molar-refractivity contribution >= 4 is 27.1 Å². The van der Waals surface area contributed by atoms with Gasteiger partial charge in [-0.25, -0.2) is 17.8 Å². The van der Waals surface area contributed by atoms with E-state index in [1.807, 2.05) is 31.2 Å². The molecular weight excluding hydrogens is 484 g/mol. The van der Waals surface area contributed by atoms with Crippen molar-refractivity contribution < 1.29 is 17.8 Å². The Bertz CT molecular complexity index is 1390. The standard InChI is InChI=1S/C26H29F2N5O2S/c1-17-8-10-19(11-9-17)23-18(2)22(24(32-31-23)33-14-5-12-26(27,28)13-15-33)25(34)30-20-6-4-7-21(16-20)36(3,29)35/h4,6-11,16,29H,5,12-15H2,1-3H3,(H,30,34)/t36-/m1/s1. The van der Waals surface area contributed by atoms with Crippen LogP contribution in [0.15, 0.2) is 53.4 Å². The highest BCUT2D eigenvalue weighted by molar-refractivity contribution is 7.91. The number of anilines is 2. The average molecular weight is 514 g/mol. The van der Waals surface area contributed by atoms with Crippen LogP contribution in [-0.2, 0) is 9.73 Å². The molecule has 10 heteroatoms. The summed E-state index contributed by atoms with van der Waals surface area (Å²) in [6.07, 6.45) is 1.04. The molecule has 36 heavy (non-hydrogen) atoms. The topological polar surface area (TPSA) is 99.0 Å². The molecule has 2 aromatic carbocycles. The molecule has 1 atom stereocenters. The molecule has 2 N–H and O–H groups in total. The first-order valence-electron chi connectivity index (χ1n) is 11.7. The lowest BCUT2D eigenvalue weighted by atomic mass is 10.0. The highest BCUT2D eigenvalue weighted by Gasteiger charge is 2.34. The lowest BCUT2D eigenvalue weighted by Gasteiger charge is -2.25. The van der Waals surface area contributed by atoms with E-state index in [0.717, 1.165) is 11.1 Å². The molecule has 2 heterocycles. The van der Waals surface area contributed by atoms with Crippen molar-refractivity contribution in [2.45, 2.75) is 43.9 Å². The predicted octanol–water partition coefficient (Wildman–Crippen LogP) is 5.67. The van der Waals surface area contributed by atoms with E-state index in [0.29, 0.717) is 28.4 Å². The van der Waals surface area contributed by atoms with Crippen LogP contribution in [0, 0.1) is 18.6 Å². The van der Waals surface area contributed by atoms with E-state index >= 15 is 0 Å². The molecule has 190 valence electrons. The van der Waals surface area contributed by atoms with Crippen molar-refractivity contribution in [2.75, 3.05) is 29.6 Å². The van der Waals surface area contributed by atoms with E-state index in [1.54, 1.807) is 30.0 Å². The molecule has 0 spiro atoms. The summed E-state index contributed by atoms with van der Waals surface area (Å²) in [7, 11) is -2.97. The largest absolute Gasteiger partial charge is 0.354 e. The first-order valence-corrected chi connectivity index (χ1v) is 13.6. The maximum atomic E-state index is 14.1. The zero-order valence-electron chi connectivity index (χ0n) is 20.5. The van der Waals surface area contributed by atoms with Gasteiger partial charge in [-0.05, 0) is 44.0 Å². The van der Waals surface area contributed by atoms with Gasteiger partial charge in [0, 0.05) is 48.3 Å². The van der Waals surface area contributed by atoms with Crippen molar-refractivity contribution in [3.63, 3.8) is 0 Å². The first kappa shape index (κ1) is 25.7. The Hall–Kier alpha value is -3.40. The average Bonchev–Trinajstić information content (AvgIpc) is 2.99. The summed E-state index contributed by atoms with van der Waals surface area (Å²) < 4.78 is 48.1. The van der Waals surface area contributed by atoms with E-state index in [1.165, 1.54) is 12.3 Å². The number of hydrogen-bond acceptors (Lipinski definition) is 6. The Labute approximate surface area is 209 Å². The van der Waals surface area contributed by atoms with Crippen molar-refractivity contribution in [2.24, 2.45) is 0 Å². The molecule has 0 bridgehead atoms. The molecule has 1 aliphatic heterocycles. The molecule has 0 aliphatic carbocycles. The lowest BCUT2D eigenvalue weighted by molar-refractivity contribution is -0.0102. The molecule has 4 rings (SSSR count). The van der Waals surface area contributed by atoms with E-state index in [4.69, 9.17) is 4.78 Å². The third kappa shape index (κ3) is 5.70. The van der Waals surface area contributed by atoms with E-state index in [9.17, 15) is 17.8 Å². The van der Waals surface area contributed by atoms with Crippen LogP contribution in [0.3, 0.4) is 0 Å². The van der Waals surface area contributed by atoms with E-state index < -0.39 is 21.6 Å². The second-order valence-corrected chi connectivity index (χ2v) is 11.4. The van der Waals surface area contributed by atoms with Crippen LogP contribution in [0.2, 0.25) is 0 Å². The van der Waals surface area contributed by atoms with Gasteiger partial charge in [-0.15, -0.1) is 10.2 Å². The van der Waals surface area contributed by atoms with Crippen molar-refractivity contribution in [3.05, 3.63) is 65.2 Å². The van der Waals surface area contributed by atoms with E-state index in [2.05, 4.69) is 15.5 Å². The summed E-state index contributed by atoms with van der Waals surface area (Å²) in [6, 6.07) is 14.0. The molecule has 3 aromatic rings. The van der Waals surface area contributed by atoms with Crippen LogP contribution in [0.25, 0.3) is 11.3 Å². The van der Waals surface area contributed by atoms with Gasteiger partial charge in [0.25, 0.3) is 5.91 Å². The number of carbonyl (C=O) groups is 1. The second-order valence-electron chi connectivity index (χ2n) is 9.26. The van der Waals surface area contributed by atoms with Crippen LogP contribution in [-0.4, -0.2) is 45.6 Å². The predicted molar refractivity (Wildman–Crippen MR) is 137 cm³/mol. The Balaban J connectivity index is 1.78. The minimum absolute atomic E-state index is 0.0531. The number of halogens is 2. The van der Waals surface area contributed by atoms with E-state index in [-0.39, 0.29) is 37.2 Å². The molecule has 1 saturated heterocycles. The van der Waals surface area contributed by atoms with Gasteiger partial charge >= 0.3 is 0 Å². The highest BCUT2D eigenvalue weighted by atomic mass is 32.2. The normalized spacial score (nSPS) is 17.2. The van der Waals surface area contributed by atoms with Gasteiger partial charge in [0.15, 0.2) is 5.82 Å². The summed E-state index contributed by atoms with van der Waals surface area (Å²) in [5.41, 5.74) is 3.59. The van der Waals surface area contributed by atoms with Crippen LogP contribution in [0.1, 0.15) is 40.7 Å². The highest BCUT2D eigenvalue weighted by Crippen LogP contribution is 2.33. The van der Waals surface area contributed by atoms with Crippen LogP contribution in [0.4, 0.5) is 20.3 Å². The summed E-state index contributed by atoms with van der Waals surface area (Å²) in [5, 5.41) is 11.6. The SMILES string of the molecule is Cc1ccc(-c2nnc(N3CCCC(F)(F)CC3)c(C(=O)Nc3cccc([S@](C)(=N)=O)c3)c2C)cc1. The third-order valence-corrected chi connectivity index (χ3v) is 7.46. The van der Waals surface area contributed by atoms with Gasteiger partial charge < -0.3 is 10.2 Å². The number of hydrogen-bond donors (Lipinski definition) is 2. The maximum absolute atomic E-state index is 14.1. The molecule has 0 saturated carbocycles. The van der Waals surface area contributed by atoms with Gasteiger partial charge in [0.05, 0.1) is 21.0 Å². The van der Waals surface area contributed by atoms with Crippen molar-refractivity contribution in [1.82, 2.24) is 10.2 Å². The molecule has 0 unspecified atom stereocenters. The molecule has 1 aliphatic rings. The molecule has 1 fully saturated rings. The molecule has 0 radical (unpaired) electrons. The van der Waals surface area contributed by atoms with Gasteiger partial charge in [0.1, 0.15) is 0 Å². The maximum Gasteiger partial charge on any atom is 0.259 e. The Kier molecular flexibility index (Phi) is 7.08. The number of amides is 1. The Morgan fingerprint density at radius 2 is 1.81 bits per heavy atom. The molecule has 1 amide bonds. The minimum Gasteiger partial charge on any atom is -0.354 e. The third-order valence-electron chi connectivity index (χ3n) is 6.31. The summed E-state index contributed by atoms with van der Waals surface area (Å²) in [4.78, 5) is 15.6. The van der Waals surface area contributed by atoms with Crippen molar-refractivity contribution in [3.8, 4) is 11.3 Å². The molecule has 7 nitrogen and oxygen atoms in total. The fraction of sp³-hybridized carbons (Fsp3) is 0.346. The zero-order chi connectivity index (χ0) is 26.1. The molecular formula is C26H29F2N5O2S. The second kappa shape index (κ2) is 9.93. The minimum atomic E-state index is -2.97. The van der Waals surface area contributed by atoms with Crippen LogP contribution >= 0.6 is 0 Å². The van der Waals surface area contributed by atoms with Crippen LogP contribution in [0.5, 0.6) is 0 Å². The van der Waals surface area contributed by atoms with Gasteiger partial charge in [-0.2, -0.15) is 0 Å². The summed E-state index contributed by atoms with van der Waals surface area (Å²) >= 11 is 0. The Morgan fingerprint density at radius 3 is 2.50 bits per heavy atom. The van der Waals surface area contributed by atoms with Gasteiger partial charge in [0.2, 0.25) is 5.92 Å². The monoisotopic (exact) mass is 513 g/mol. The zero-order valence-corrected chi connectivity index (χ0v) is 21.3. The number of benzene rings is 2. The van der Waals surface area contributed by atoms with Crippen LogP contribution < -0.4 is 10.2 Å². The summed E-state index contributed by atoms with van der Waals surface area (Å²) in [6.45, 7) is 4.13. The van der Waals surface area contributed by atoms with Gasteiger partial charge in [-0.1, -0.05) is 35.9 Å². The number of alkyl halides is 2. The fourth-order valence-electron chi connectivity index (χ4n) is 4.27. The number of aromatic nitrogens is 2. The number of aryl methyl sites for hydroxylation is 1. The number of nitrogens with one attached hydrogen (secondary N) is 2. The Morgan fingerprint density at radius 1 is 1.08 bits per heavy atom. The summed E-state index contributed by atoms with van der Waals surface area (Å²) in [5.74, 6) is -2.98. The van der Waals surface area contributed by atoms with Gasteiger partial charge in [-0.3, -0.25) is 4.79 Å². The number of rotatable bonds is 5. The quantitative estimate of drug-likeness (QED) is 0.458. The van der Waals surface area contributed by atoms with Crippen molar-refractivity contribution in [1.29, 1.82) is 4.78 Å². The lowest BCUT2D eigenvalue weighted by Crippen LogP contribution is -2.30. The smallest absolute Gasteiger partial charge is 0.259 e. The number of nitrogens with zero attached hydrogens (tertiary/aromatic N) is 3.